The molecule has 10 aliphatic rings. The summed E-state index contributed by atoms with van der Waals surface area (Å²) in [5.74, 6) is 7.91. The molecule has 0 amide bonds. The number of esters is 3. The zero-order valence-corrected chi connectivity index (χ0v) is 60.1. The molecule has 0 radical (unpaired) electrons. The van der Waals surface area contributed by atoms with Crippen LogP contribution in [0.4, 0.5) is 0 Å². The van der Waals surface area contributed by atoms with Crippen LogP contribution in [0.3, 0.4) is 0 Å². The van der Waals surface area contributed by atoms with Crippen molar-refractivity contribution in [2.24, 2.45) is 69.5 Å². The van der Waals surface area contributed by atoms with E-state index >= 15 is 0 Å². The number of aliphatic hydroxyl groups is 3. The number of cyclic esters (lactones) is 3. The van der Waals surface area contributed by atoms with E-state index in [-0.39, 0.29) is 60.1 Å². The fourth-order valence-electron chi connectivity index (χ4n) is 18.6. The van der Waals surface area contributed by atoms with E-state index in [4.69, 9.17) is 27.6 Å². The van der Waals surface area contributed by atoms with Crippen LogP contribution in [0.15, 0.2) is 105 Å². The molecule has 0 spiro atoms. The number of fused-ring (bicyclic) bond motifs is 3. The summed E-state index contributed by atoms with van der Waals surface area (Å²) >= 11 is 11.7. The van der Waals surface area contributed by atoms with Gasteiger partial charge in [-0.25, -0.2) is 14.4 Å². The number of aliphatic hydroxyl groups excluding tert-OH is 3. The first-order valence-electron chi connectivity index (χ1n) is 34.4. The second-order valence-corrected chi connectivity index (χ2v) is 29.9. The summed E-state index contributed by atoms with van der Waals surface area (Å²) < 4.78 is 35.3. The van der Waals surface area contributed by atoms with Gasteiger partial charge in [0.2, 0.25) is 1.43 Å². The van der Waals surface area contributed by atoms with E-state index < -0.39 is 12.2 Å². The number of hydrogen-bond donors (Lipinski definition) is 4. The van der Waals surface area contributed by atoms with Gasteiger partial charge >= 0.3 is 17.9 Å². The molecule has 3 aliphatic heterocycles. The van der Waals surface area contributed by atoms with Crippen LogP contribution >= 0.6 is 56.5 Å². The molecule has 8 fully saturated rings. The second kappa shape index (κ2) is 34.5. The van der Waals surface area contributed by atoms with Gasteiger partial charge < -0.3 is 33.7 Å². The van der Waals surface area contributed by atoms with Gasteiger partial charge in [0.1, 0.15) is 18.3 Å². The van der Waals surface area contributed by atoms with E-state index in [9.17, 15) is 24.6 Å². The molecule has 3 N–H and O–H groups in total. The predicted molar refractivity (Wildman–Crippen MR) is 375 cm³/mol. The summed E-state index contributed by atoms with van der Waals surface area (Å²) in [7, 11) is 0. The van der Waals surface area contributed by atoms with Crippen molar-refractivity contribution in [3.63, 3.8) is 0 Å². The molecule has 1 saturated heterocycles. The highest BCUT2D eigenvalue weighted by Gasteiger charge is 2.54. The Hall–Kier alpha value is -2.87. The number of carbonyl (C=O) groups excluding carboxylic acids is 3. The molecule has 3 heterocycles. The van der Waals surface area contributed by atoms with E-state index in [2.05, 4.69) is 139 Å². The fourth-order valence-corrected chi connectivity index (χ4v) is 20.0. The van der Waals surface area contributed by atoms with Gasteiger partial charge in [0.25, 0.3) is 0 Å². The molecule has 89 heavy (non-hydrogen) atoms. The Morgan fingerprint density at radius 1 is 0.753 bits per heavy atom. The summed E-state index contributed by atoms with van der Waals surface area (Å²) in [6.45, 7) is 29.6. The van der Waals surface area contributed by atoms with Crippen molar-refractivity contribution >= 4 is 74.4 Å². The zero-order valence-electron chi connectivity index (χ0n) is 57.2. The van der Waals surface area contributed by atoms with Gasteiger partial charge in [-0.3, -0.25) is 0 Å². The van der Waals surface area contributed by atoms with E-state index in [1.165, 1.54) is 102 Å². The van der Waals surface area contributed by atoms with Crippen LogP contribution in [-0.2, 0) is 32.8 Å². The lowest BCUT2D eigenvalue weighted by Crippen LogP contribution is -2.36. The van der Waals surface area contributed by atoms with Crippen molar-refractivity contribution in [3.05, 3.63) is 105 Å². The summed E-state index contributed by atoms with van der Waals surface area (Å²) in [5, 5.41) is 24.6. The Bertz CT molecular complexity index is 2750. The van der Waals surface area contributed by atoms with Gasteiger partial charge in [0, 0.05) is 50.0 Å². The third-order valence-electron chi connectivity index (χ3n) is 22.9. The van der Waals surface area contributed by atoms with E-state index in [0.29, 0.717) is 71.7 Å². The average Bonchev–Trinajstić information content (AvgIpc) is 1.74. The van der Waals surface area contributed by atoms with Crippen LogP contribution in [0.1, 0.15) is 204 Å². The highest BCUT2D eigenvalue weighted by molar-refractivity contribution is 9.11. The number of ether oxygens (including phenoxy) is 3. The smallest absolute Gasteiger partial charge is 0.334 e. The Kier molecular flexibility index (Phi) is 27.9. The molecule has 0 aromatic rings. The van der Waals surface area contributed by atoms with Crippen LogP contribution in [0.5, 0.6) is 0 Å². The first-order chi connectivity index (χ1) is 43.4. The Balaban J connectivity index is 0.000000198. The maximum atomic E-state index is 11.7. The number of allylic oxidation sites excluding steroid dienone is 5. The maximum Gasteiger partial charge on any atom is 0.334 e. The third kappa shape index (κ3) is 18.5. The monoisotopic (exact) mass is 1400 g/mol. The molecule has 14 heteroatoms. The molecule has 0 aromatic carbocycles. The normalized spacial score (nSPS) is 37.4. The fraction of sp³-hybridized carbons (Fsp3) is 0.693. The van der Waals surface area contributed by atoms with Crippen LogP contribution in [0.2, 0.25) is 0 Å². The van der Waals surface area contributed by atoms with Crippen molar-refractivity contribution in [2.75, 3.05) is 12.5 Å². The zero-order chi connectivity index (χ0) is 67.0. The summed E-state index contributed by atoms with van der Waals surface area (Å²) in [6.07, 6.45) is 39.8. The van der Waals surface area contributed by atoms with Gasteiger partial charge in [-0.15, -0.1) is 18.9 Å². The minimum absolute atomic E-state index is 0.0000665. The van der Waals surface area contributed by atoms with E-state index in [1.807, 2.05) is 26.0 Å². The predicted octanol–water partition coefficient (Wildman–Crippen LogP) is 17.9. The molecular formula is C75H110Br2O10S2. The summed E-state index contributed by atoms with van der Waals surface area (Å²) in [5.41, 5.74) is 9.79. The largest absolute Gasteiger partial charge is 0.459 e. The standard InChI is InChI=1S/C27H38O4.2C19H27BrO2.C9H14O2S.CH4S/c1-16(12-22-13-17(2)26(30)31-22)23-9-10-24-19(6-5-11-27(23,24)4)7-8-20-14-21(28)15-25(29)18(20)3;2*1-12(9-15-10-13(2)18(21)22-15)16-6-7-17-14(11-20)5-4-8-19(16,17)3;1-4-6-9(11-12-3)7-8(10)5-2;1-2/h7-8,13,16,21-25,28-29H,3,5-6,9-12,14-15H2,1-2,4H3;10-12,15-17H,4-9H2,1-3H3;11-12,15-17H,2,4-10H2,1,3H3;1,5,8-10H,2,6-7H2,3H3;2H,1H3/b19-7+,20-8-;2*14-11+;;/t16-,21-,22-,23-,24?,25+,27-;2*12-,15-,16-,17?,19-;8-,9-;/m1111./s1/i;;;3T,10T;. The third-order valence-corrected chi connectivity index (χ3v) is 24.5. The lowest BCUT2D eigenvalue weighted by Gasteiger charge is -2.44. The molecule has 7 saturated carbocycles. The Labute approximate surface area is 566 Å². The van der Waals surface area contributed by atoms with Gasteiger partial charge in [0.15, 0.2) is 0 Å². The maximum absolute atomic E-state index is 11.7. The van der Waals surface area contributed by atoms with Crippen LogP contribution in [0, 0.1) is 81.8 Å². The van der Waals surface area contributed by atoms with Crippen LogP contribution in [0.25, 0.3) is 0 Å². The first-order valence-corrected chi connectivity index (χ1v) is 36.9. The average molecular weight is 1400 g/mol. The van der Waals surface area contributed by atoms with Gasteiger partial charge in [-0.1, -0.05) is 122 Å². The van der Waals surface area contributed by atoms with Gasteiger partial charge in [0.05, 0.1) is 24.4 Å². The number of halogens is 2. The van der Waals surface area contributed by atoms with Crippen molar-refractivity contribution in [1.29, 1.82) is 1.43 Å². The molecule has 0 aromatic heterocycles. The minimum Gasteiger partial charge on any atom is -0.459 e. The SMILES string of the molecule is C=C1/C(=C\C=C2/CCC[C@@]3(C)C2CC[C@@H]3[C@H](C)C[C@@H]2C=C(C)C(=O)O2)C[C@@H](O)C[C@@H]1O.C=C1C[C@@H](C[C@@H](C)[C@H]2CCC3/C(=C/Br)CCC[C@@]32C)OC1=O.CC1=C[C@@H](C[C@@H](C)[C@H]2CCC3/C(=C/Br)CCC[C@@]32C)OC1=O.CS.[3H]CSO[C@H](CC#C)C[C@@H](C=C)O[3H]. The minimum atomic E-state index is -0.635. The molecule has 10 nitrogen and oxygen atoms in total. The molecule has 10 rings (SSSR count). The van der Waals surface area contributed by atoms with E-state index in [0.717, 1.165) is 90.1 Å². The van der Waals surface area contributed by atoms with Crippen molar-refractivity contribution in [1.82, 2.24) is 0 Å². The van der Waals surface area contributed by atoms with Crippen LogP contribution < -0.4 is 0 Å². The number of rotatable bonds is 17. The number of thiol groups is 1. The summed E-state index contributed by atoms with van der Waals surface area (Å²) in [4.78, 5) is 39.2. The highest BCUT2D eigenvalue weighted by atomic mass is 79.9. The second-order valence-electron chi connectivity index (χ2n) is 28.5. The quantitative estimate of drug-likeness (QED) is 0.0210. The Morgan fingerprint density at radius 2 is 1.22 bits per heavy atom. The molecule has 19 atom stereocenters. The Morgan fingerprint density at radius 3 is 1.63 bits per heavy atom. The van der Waals surface area contributed by atoms with Crippen molar-refractivity contribution in [2.45, 2.75) is 246 Å². The first kappa shape index (κ1) is 72.0. The van der Waals surface area contributed by atoms with Crippen molar-refractivity contribution < 1.29 is 49.5 Å². The molecule has 7 aliphatic carbocycles. The molecule has 496 valence electrons. The number of carbonyl (C=O) groups is 3. The lowest BCUT2D eigenvalue weighted by atomic mass is 9.60. The van der Waals surface area contributed by atoms with Crippen LogP contribution in [-0.4, -0.2) is 89.9 Å². The number of terminal acetylenes is 1. The molecular weight excluding hydrogens is 1280 g/mol. The highest BCUT2D eigenvalue weighted by Crippen LogP contribution is 2.63. The van der Waals surface area contributed by atoms with Gasteiger partial charge in [-0.2, -0.15) is 12.6 Å². The lowest BCUT2D eigenvalue weighted by molar-refractivity contribution is -0.141. The molecule has 3 unspecified atom stereocenters. The topological polar surface area (TPSA) is 149 Å². The summed E-state index contributed by atoms with van der Waals surface area (Å²) in [6, 6.07) is 0. The molecule has 0 bridgehead atoms. The van der Waals surface area contributed by atoms with Crippen molar-refractivity contribution in [3.8, 4) is 12.3 Å². The number of hydrogen-bond acceptors (Lipinski definition) is 12. The van der Waals surface area contributed by atoms with E-state index in [1.54, 1.807) is 17.4 Å². The van der Waals surface area contributed by atoms with Gasteiger partial charge in [-0.05, 0) is 257 Å².